The van der Waals surface area contributed by atoms with Crippen molar-refractivity contribution in [2.24, 2.45) is 0 Å². The largest absolute Gasteiger partial charge is 0.467 e. The third-order valence-corrected chi connectivity index (χ3v) is 3.18. The maximum atomic E-state index is 11.7. The molecular weight excluding hydrogens is 322 g/mol. The van der Waals surface area contributed by atoms with Crippen LogP contribution in [0.3, 0.4) is 0 Å². The monoisotopic (exact) mass is 341 g/mol. The third kappa shape index (κ3) is 6.56. The molecule has 126 valence electrons. The van der Waals surface area contributed by atoms with E-state index in [-0.39, 0.29) is 6.54 Å². The summed E-state index contributed by atoms with van der Waals surface area (Å²) in [5.41, 5.74) is -0.284. The topological polar surface area (TPSA) is 96.5 Å². The number of benzene rings is 1. The molecule has 1 aromatic carbocycles. The number of ether oxygens (including phenoxy) is 1. The van der Waals surface area contributed by atoms with E-state index < -0.39 is 23.4 Å². The molecule has 1 rings (SSSR count). The molecule has 8 heteroatoms. The first kappa shape index (κ1) is 18.8. The molecule has 0 heterocycles. The van der Waals surface area contributed by atoms with Gasteiger partial charge in [-0.3, -0.25) is 4.79 Å². The minimum Gasteiger partial charge on any atom is -0.467 e. The molecule has 0 spiro atoms. The summed E-state index contributed by atoms with van der Waals surface area (Å²) >= 11 is 5.77. The average molecular weight is 342 g/mol. The molecule has 0 atom stereocenters. The molecule has 1 aromatic rings. The summed E-state index contributed by atoms with van der Waals surface area (Å²) in [6.45, 7) is 3.07. The number of urea groups is 1. The summed E-state index contributed by atoms with van der Waals surface area (Å²) in [7, 11) is 1.23. The number of carbonyl (C=O) groups excluding carboxylic acids is 3. The lowest BCUT2D eigenvalue weighted by Crippen LogP contribution is -2.53. The molecule has 0 aliphatic carbocycles. The molecule has 23 heavy (non-hydrogen) atoms. The average Bonchev–Trinajstić information content (AvgIpc) is 2.51. The summed E-state index contributed by atoms with van der Waals surface area (Å²) < 4.78 is 4.57. The molecule has 0 bridgehead atoms. The van der Waals surface area contributed by atoms with Crippen LogP contribution in [-0.4, -0.2) is 37.1 Å². The fraction of sp³-hybridized carbons (Fsp3) is 0.400. The fourth-order valence-corrected chi connectivity index (χ4v) is 1.83. The number of amides is 3. The van der Waals surface area contributed by atoms with Crippen molar-refractivity contribution in [3.05, 3.63) is 34.9 Å². The van der Waals surface area contributed by atoms with Gasteiger partial charge in [0.2, 0.25) is 5.91 Å². The Morgan fingerprint density at radius 1 is 1.13 bits per heavy atom. The molecule has 0 aliphatic heterocycles. The number of rotatable bonds is 6. The summed E-state index contributed by atoms with van der Waals surface area (Å²) in [5.74, 6) is -1.07. The Bertz CT molecular complexity index is 573. The van der Waals surface area contributed by atoms with Gasteiger partial charge in [0.25, 0.3) is 0 Å². The van der Waals surface area contributed by atoms with Crippen molar-refractivity contribution < 1.29 is 19.1 Å². The molecule has 0 aromatic heterocycles. The van der Waals surface area contributed by atoms with Crippen LogP contribution in [0.25, 0.3) is 0 Å². The highest BCUT2D eigenvalue weighted by Gasteiger charge is 2.30. The van der Waals surface area contributed by atoms with Gasteiger partial charge < -0.3 is 20.7 Å². The van der Waals surface area contributed by atoms with Crippen LogP contribution in [0.4, 0.5) is 4.79 Å². The Morgan fingerprint density at radius 2 is 1.74 bits per heavy atom. The lowest BCUT2D eigenvalue weighted by atomic mass is 10.1. The van der Waals surface area contributed by atoms with Crippen molar-refractivity contribution in [3.63, 3.8) is 0 Å². The minimum atomic E-state index is -1.16. The zero-order chi connectivity index (χ0) is 17.5. The zero-order valence-corrected chi connectivity index (χ0v) is 14.0. The molecule has 7 nitrogen and oxygen atoms in total. The molecule has 3 amide bonds. The number of halogens is 1. The maximum Gasteiger partial charge on any atom is 0.330 e. The molecule has 0 radical (unpaired) electrons. The van der Waals surface area contributed by atoms with Gasteiger partial charge in [-0.15, -0.1) is 0 Å². The van der Waals surface area contributed by atoms with E-state index in [0.717, 1.165) is 5.56 Å². The summed E-state index contributed by atoms with van der Waals surface area (Å²) in [6.07, 6.45) is 0. The third-order valence-electron chi connectivity index (χ3n) is 2.92. The maximum absolute atomic E-state index is 11.7. The van der Waals surface area contributed by atoms with Gasteiger partial charge in [0.1, 0.15) is 5.54 Å². The van der Waals surface area contributed by atoms with Crippen molar-refractivity contribution in [3.8, 4) is 0 Å². The van der Waals surface area contributed by atoms with Gasteiger partial charge >= 0.3 is 12.0 Å². The van der Waals surface area contributed by atoms with E-state index in [1.807, 2.05) is 0 Å². The normalized spacial score (nSPS) is 10.6. The summed E-state index contributed by atoms with van der Waals surface area (Å²) in [5, 5.41) is 8.09. The van der Waals surface area contributed by atoms with Crippen LogP contribution in [0.5, 0.6) is 0 Å². The Labute approximate surface area is 139 Å². The van der Waals surface area contributed by atoms with Crippen LogP contribution >= 0.6 is 11.6 Å². The van der Waals surface area contributed by atoms with Gasteiger partial charge in [0, 0.05) is 11.6 Å². The second-order valence-corrected chi connectivity index (χ2v) is 5.76. The van der Waals surface area contributed by atoms with Crippen LogP contribution in [0.2, 0.25) is 5.02 Å². The van der Waals surface area contributed by atoms with E-state index in [0.29, 0.717) is 11.6 Å². The lowest BCUT2D eigenvalue weighted by Gasteiger charge is -2.23. The van der Waals surface area contributed by atoms with E-state index in [4.69, 9.17) is 11.6 Å². The number of nitrogens with one attached hydrogen (secondary N) is 3. The molecular formula is C15H20ClN3O4. The number of methoxy groups -OCH3 is 1. The van der Waals surface area contributed by atoms with Gasteiger partial charge in [-0.05, 0) is 31.5 Å². The smallest absolute Gasteiger partial charge is 0.330 e. The Balaban J connectivity index is 2.34. The first-order valence-corrected chi connectivity index (χ1v) is 7.28. The fourth-order valence-electron chi connectivity index (χ4n) is 1.71. The molecule has 0 saturated heterocycles. The Hall–Kier alpha value is -2.28. The quantitative estimate of drug-likeness (QED) is 0.677. The van der Waals surface area contributed by atoms with Crippen molar-refractivity contribution in [2.75, 3.05) is 13.7 Å². The molecule has 0 fully saturated rings. The Kier molecular flexibility index (Phi) is 6.84. The molecule has 0 saturated carbocycles. The molecule has 0 unspecified atom stereocenters. The molecule has 0 aliphatic rings. The highest BCUT2D eigenvalue weighted by Crippen LogP contribution is 2.09. The first-order chi connectivity index (χ1) is 10.7. The predicted octanol–water partition coefficient (Wildman–Crippen LogP) is 1.21. The second kappa shape index (κ2) is 8.38. The summed E-state index contributed by atoms with van der Waals surface area (Å²) in [4.78, 5) is 34.8. The van der Waals surface area contributed by atoms with E-state index in [1.165, 1.54) is 21.0 Å². The minimum absolute atomic E-state index is 0.257. The second-order valence-electron chi connectivity index (χ2n) is 5.33. The van der Waals surface area contributed by atoms with Crippen molar-refractivity contribution >= 4 is 29.5 Å². The van der Waals surface area contributed by atoms with Crippen LogP contribution in [0.1, 0.15) is 19.4 Å². The van der Waals surface area contributed by atoms with Gasteiger partial charge in [-0.25, -0.2) is 9.59 Å². The van der Waals surface area contributed by atoms with E-state index in [2.05, 4.69) is 20.7 Å². The lowest BCUT2D eigenvalue weighted by molar-refractivity contribution is -0.149. The van der Waals surface area contributed by atoms with E-state index in [9.17, 15) is 14.4 Å². The standard InChI is InChI=1S/C15H20ClN3O4/c1-15(2,13(21)23-3)19-12(20)9-18-14(22)17-8-10-4-6-11(16)7-5-10/h4-7H,8-9H2,1-3H3,(H,19,20)(H2,17,18,22). The van der Waals surface area contributed by atoms with Crippen LogP contribution < -0.4 is 16.0 Å². The van der Waals surface area contributed by atoms with Gasteiger partial charge in [-0.2, -0.15) is 0 Å². The van der Waals surface area contributed by atoms with E-state index in [1.54, 1.807) is 24.3 Å². The van der Waals surface area contributed by atoms with Crippen molar-refractivity contribution in [1.29, 1.82) is 0 Å². The number of carbonyl (C=O) groups is 3. The van der Waals surface area contributed by atoms with Gasteiger partial charge in [-0.1, -0.05) is 23.7 Å². The number of hydrogen-bond donors (Lipinski definition) is 3. The Morgan fingerprint density at radius 3 is 2.30 bits per heavy atom. The first-order valence-electron chi connectivity index (χ1n) is 6.90. The van der Waals surface area contributed by atoms with Crippen molar-refractivity contribution in [2.45, 2.75) is 25.9 Å². The molecule has 3 N–H and O–H groups in total. The summed E-state index contributed by atoms with van der Waals surface area (Å²) in [6, 6.07) is 6.52. The SMILES string of the molecule is COC(=O)C(C)(C)NC(=O)CNC(=O)NCc1ccc(Cl)cc1. The number of esters is 1. The number of hydrogen-bond acceptors (Lipinski definition) is 4. The van der Waals surface area contributed by atoms with Crippen molar-refractivity contribution in [1.82, 2.24) is 16.0 Å². The highest BCUT2D eigenvalue weighted by molar-refractivity contribution is 6.30. The van der Waals surface area contributed by atoms with Crippen LogP contribution in [0, 0.1) is 0 Å². The van der Waals surface area contributed by atoms with Crippen LogP contribution in [-0.2, 0) is 20.9 Å². The predicted molar refractivity (Wildman–Crippen MR) is 85.9 cm³/mol. The van der Waals surface area contributed by atoms with Gasteiger partial charge in [0.05, 0.1) is 13.7 Å². The zero-order valence-electron chi connectivity index (χ0n) is 13.2. The highest BCUT2D eigenvalue weighted by atomic mass is 35.5. The van der Waals surface area contributed by atoms with Gasteiger partial charge in [0.15, 0.2) is 0 Å². The van der Waals surface area contributed by atoms with Crippen LogP contribution in [0.15, 0.2) is 24.3 Å². The van der Waals surface area contributed by atoms with E-state index >= 15 is 0 Å².